The van der Waals surface area contributed by atoms with Crippen LogP contribution in [0.15, 0.2) is 24.3 Å². The summed E-state index contributed by atoms with van der Waals surface area (Å²) < 4.78 is 0. The third-order valence-corrected chi connectivity index (χ3v) is 1.93. The van der Waals surface area contributed by atoms with Crippen LogP contribution < -0.4 is 0 Å². The van der Waals surface area contributed by atoms with Crippen LogP contribution in [-0.4, -0.2) is 16.5 Å². The Morgan fingerprint density at radius 2 is 2.07 bits per heavy atom. The molecule has 0 aliphatic rings. The largest absolute Gasteiger partial charge is 0.390 e. The number of hydrogen-bond donors (Lipinski definition) is 1. The van der Waals surface area contributed by atoms with E-state index in [1.165, 1.54) is 0 Å². The first-order chi connectivity index (χ1) is 6.38. The number of aryl methyl sites for hydroxylation is 1. The van der Waals surface area contributed by atoms with Crippen molar-refractivity contribution in [2.24, 2.45) is 0 Å². The van der Waals surface area contributed by atoms with Crippen LogP contribution in [0.25, 0.3) is 0 Å². The predicted molar refractivity (Wildman–Crippen MR) is 56.4 cm³/mol. The highest BCUT2D eigenvalue weighted by Gasteiger charge is 2.18. The van der Waals surface area contributed by atoms with Gasteiger partial charge in [-0.3, -0.25) is 4.79 Å². The van der Waals surface area contributed by atoms with E-state index in [1.54, 1.807) is 19.9 Å². The molecule has 0 saturated heterocycles. The fourth-order valence-electron chi connectivity index (χ4n) is 1.31. The Hall–Kier alpha value is -1.15. The van der Waals surface area contributed by atoms with Gasteiger partial charge in [0.15, 0.2) is 5.78 Å². The summed E-state index contributed by atoms with van der Waals surface area (Å²) in [5.74, 6) is -0.0128. The van der Waals surface area contributed by atoms with E-state index in [0.717, 1.165) is 5.56 Å². The maximum Gasteiger partial charge on any atom is 0.165 e. The average Bonchev–Trinajstić information content (AvgIpc) is 2.01. The minimum atomic E-state index is -0.930. The third kappa shape index (κ3) is 3.30. The van der Waals surface area contributed by atoms with E-state index >= 15 is 0 Å². The second-order valence-corrected chi connectivity index (χ2v) is 4.28. The van der Waals surface area contributed by atoms with Crippen LogP contribution in [0.3, 0.4) is 0 Å². The summed E-state index contributed by atoms with van der Waals surface area (Å²) in [5, 5.41) is 9.50. The van der Waals surface area contributed by atoms with Gasteiger partial charge in [0.2, 0.25) is 0 Å². The fraction of sp³-hybridized carbons (Fsp3) is 0.417. The highest BCUT2D eigenvalue weighted by molar-refractivity contribution is 5.96. The van der Waals surface area contributed by atoms with E-state index in [1.807, 2.05) is 25.1 Å². The van der Waals surface area contributed by atoms with Crippen LogP contribution in [0.5, 0.6) is 0 Å². The Morgan fingerprint density at radius 1 is 1.43 bits per heavy atom. The molecule has 1 rings (SSSR count). The Morgan fingerprint density at radius 3 is 2.57 bits per heavy atom. The number of ketones is 1. The second-order valence-electron chi connectivity index (χ2n) is 4.28. The number of rotatable bonds is 3. The first-order valence-corrected chi connectivity index (χ1v) is 4.71. The molecule has 0 radical (unpaired) electrons. The number of carbonyl (C=O) groups excluding carboxylic acids is 1. The smallest absolute Gasteiger partial charge is 0.165 e. The SMILES string of the molecule is Cc1cccc(C(=O)CC(C)(C)O)c1. The zero-order valence-corrected chi connectivity index (χ0v) is 8.87. The van der Waals surface area contributed by atoms with Gasteiger partial charge in [-0.15, -0.1) is 0 Å². The highest BCUT2D eigenvalue weighted by Crippen LogP contribution is 2.14. The Kier molecular flexibility index (Phi) is 3.06. The Bertz CT molecular complexity index is 334. The topological polar surface area (TPSA) is 37.3 Å². The van der Waals surface area contributed by atoms with Crippen molar-refractivity contribution in [3.8, 4) is 0 Å². The molecule has 2 heteroatoms. The molecular formula is C12H16O2. The van der Waals surface area contributed by atoms with Gasteiger partial charge in [0.05, 0.1) is 5.60 Å². The van der Waals surface area contributed by atoms with Gasteiger partial charge in [0.1, 0.15) is 0 Å². The van der Waals surface area contributed by atoms with Crippen molar-refractivity contribution in [1.82, 2.24) is 0 Å². The molecule has 0 unspecified atom stereocenters. The monoisotopic (exact) mass is 192 g/mol. The standard InChI is InChI=1S/C12H16O2/c1-9-5-4-6-10(7-9)11(13)8-12(2,3)14/h4-7,14H,8H2,1-3H3. The van der Waals surface area contributed by atoms with E-state index in [0.29, 0.717) is 5.56 Å². The maximum atomic E-state index is 11.7. The van der Waals surface area contributed by atoms with E-state index in [4.69, 9.17) is 0 Å². The molecule has 0 spiro atoms. The lowest BCUT2D eigenvalue weighted by Gasteiger charge is -2.15. The van der Waals surface area contributed by atoms with Crippen molar-refractivity contribution >= 4 is 5.78 Å². The molecule has 0 fully saturated rings. The van der Waals surface area contributed by atoms with Gasteiger partial charge in [0.25, 0.3) is 0 Å². The van der Waals surface area contributed by atoms with Crippen LogP contribution in [0.2, 0.25) is 0 Å². The fourth-order valence-corrected chi connectivity index (χ4v) is 1.31. The molecule has 1 aromatic carbocycles. The molecule has 14 heavy (non-hydrogen) atoms. The zero-order valence-electron chi connectivity index (χ0n) is 8.87. The first-order valence-electron chi connectivity index (χ1n) is 4.71. The van der Waals surface area contributed by atoms with Crippen LogP contribution >= 0.6 is 0 Å². The summed E-state index contributed by atoms with van der Waals surface area (Å²) in [6.07, 6.45) is 0.163. The van der Waals surface area contributed by atoms with Crippen molar-refractivity contribution in [3.05, 3.63) is 35.4 Å². The van der Waals surface area contributed by atoms with Gasteiger partial charge in [0, 0.05) is 12.0 Å². The number of hydrogen-bond acceptors (Lipinski definition) is 2. The lowest BCUT2D eigenvalue weighted by Crippen LogP contribution is -2.23. The minimum Gasteiger partial charge on any atom is -0.390 e. The van der Waals surface area contributed by atoms with Crippen molar-refractivity contribution in [2.45, 2.75) is 32.8 Å². The minimum absolute atomic E-state index is 0.0128. The Labute approximate surface area is 84.6 Å². The highest BCUT2D eigenvalue weighted by atomic mass is 16.3. The molecule has 2 nitrogen and oxygen atoms in total. The Balaban J connectivity index is 2.80. The van der Waals surface area contributed by atoms with Gasteiger partial charge >= 0.3 is 0 Å². The van der Waals surface area contributed by atoms with Gasteiger partial charge < -0.3 is 5.11 Å². The van der Waals surface area contributed by atoms with E-state index < -0.39 is 5.60 Å². The quantitative estimate of drug-likeness (QED) is 0.746. The zero-order chi connectivity index (χ0) is 10.8. The molecule has 0 saturated carbocycles. The molecule has 0 atom stereocenters. The van der Waals surface area contributed by atoms with Gasteiger partial charge in [-0.25, -0.2) is 0 Å². The van der Waals surface area contributed by atoms with Gasteiger partial charge in [-0.05, 0) is 26.8 Å². The van der Waals surface area contributed by atoms with Crippen LogP contribution in [-0.2, 0) is 0 Å². The molecule has 76 valence electrons. The van der Waals surface area contributed by atoms with E-state index in [-0.39, 0.29) is 12.2 Å². The molecule has 1 N–H and O–H groups in total. The second kappa shape index (κ2) is 3.93. The molecule has 0 amide bonds. The number of carbonyl (C=O) groups is 1. The molecule has 0 aliphatic heterocycles. The van der Waals surface area contributed by atoms with E-state index in [2.05, 4.69) is 0 Å². The number of Topliss-reactive ketones (excluding diaryl/α,β-unsaturated/α-hetero) is 1. The molecule has 0 aliphatic carbocycles. The van der Waals surface area contributed by atoms with Gasteiger partial charge in [-0.1, -0.05) is 23.8 Å². The van der Waals surface area contributed by atoms with Crippen molar-refractivity contribution < 1.29 is 9.90 Å². The third-order valence-electron chi connectivity index (χ3n) is 1.93. The maximum absolute atomic E-state index is 11.7. The van der Waals surface area contributed by atoms with Gasteiger partial charge in [-0.2, -0.15) is 0 Å². The van der Waals surface area contributed by atoms with Crippen molar-refractivity contribution in [3.63, 3.8) is 0 Å². The summed E-state index contributed by atoms with van der Waals surface area (Å²) in [7, 11) is 0. The van der Waals surface area contributed by atoms with Crippen molar-refractivity contribution in [1.29, 1.82) is 0 Å². The van der Waals surface area contributed by atoms with Crippen molar-refractivity contribution in [2.75, 3.05) is 0 Å². The lowest BCUT2D eigenvalue weighted by molar-refractivity contribution is 0.0587. The molecule has 0 heterocycles. The first kappa shape index (κ1) is 10.9. The van der Waals surface area contributed by atoms with Crippen LogP contribution in [0, 0.1) is 6.92 Å². The molecule has 0 bridgehead atoms. The summed E-state index contributed by atoms with van der Waals surface area (Å²) in [6, 6.07) is 7.42. The van der Waals surface area contributed by atoms with Crippen LogP contribution in [0.4, 0.5) is 0 Å². The van der Waals surface area contributed by atoms with Crippen LogP contribution in [0.1, 0.15) is 36.2 Å². The number of aliphatic hydroxyl groups is 1. The molecule has 1 aromatic rings. The molecular weight excluding hydrogens is 176 g/mol. The summed E-state index contributed by atoms with van der Waals surface area (Å²) >= 11 is 0. The normalized spacial score (nSPS) is 11.4. The summed E-state index contributed by atoms with van der Waals surface area (Å²) in [4.78, 5) is 11.7. The summed E-state index contributed by atoms with van der Waals surface area (Å²) in [6.45, 7) is 5.22. The number of benzene rings is 1. The summed E-state index contributed by atoms with van der Waals surface area (Å²) in [5.41, 5.74) is 0.805. The molecule has 0 aromatic heterocycles. The lowest BCUT2D eigenvalue weighted by atomic mass is 9.97. The van der Waals surface area contributed by atoms with E-state index in [9.17, 15) is 9.90 Å². The average molecular weight is 192 g/mol. The predicted octanol–water partition coefficient (Wildman–Crippen LogP) is 2.34.